The van der Waals surface area contributed by atoms with E-state index in [-0.39, 0.29) is 11.7 Å². The Labute approximate surface area is 70.3 Å². The molecular formula is C8H10N2O2. The van der Waals surface area contributed by atoms with Crippen LogP contribution in [0.4, 0.5) is 0 Å². The van der Waals surface area contributed by atoms with Crippen molar-refractivity contribution in [3.8, 4) is 0 Å². The highest BCUT2D eigenvalue weighted by molar-refractivity contribution is 5.82. The lowest BCUT2D eigenvalue weighted by atomic mass is 10.1. The standard InChI is InChI=1S/C8H10N2O2/c1-5(2)6-3-4-9-7(10-6)8(11)12/h3-5H,1-2H3,(H,11,12). The molecule has 12 heavy (non-hydrogen) atoms. The van der Waals surface area contributed by atoms with Crippen LogP contribution in [0, 0.1) is 0 Å². The van der Waals surface area contributed by atoms with Crippen LogP contribution in [0.3, 0.4) is 0 Å². The van der Waals surface area contributed by atoms with E-state index in [0.29, 0.717) is 0 Å². The van der Waals surface area contributed by atoms with Crippen molar-refractivity contribution in [1.29, 1.82) is 0 Å². The molecule has 1 rings (SSSR count). The summed E-state index contributed by atoms with van der Waals surface area (Å²) in [6.45, 7) is 3.90. The zero-order valence-corrected chi connectivity index (χ0v) is 6.98. The zero-order chi connectivity index (χ0) is 9.14. The van der Waals surface area contributed by atoms with Gasteiger partial charge in [-0.1, -0.05) is 13.8 Å². The summed E-state index contributed by atoms with van der Waals surface area (Å²) in [5.41, 5.74) is 0.752. The third-order valence-corrected chi connectivity index (χ3v) is 1.46. The minimum atomic E-state index is -1.09. The normalized spacial score (nSPS) is 10.2. The Morgan fingerprint density at radius 2 is 2.25 bits per heavy atom. The Balaban J connectivity index is 3.04. The Bertz CT molecular complexity index is 297. The van der Waals surface area contributed by atoms with Gasteiger partial charge in [0.15, 0.2) is 0 Å². The first kappa shape index (κ1) is 8.64. The first-order valence-corrected chi connectivity index (χ1v) is 3.67. The summed E-state index contributed by atoms with van der Waals surface area (Å²) >= 11 is 0. The van der Waals surface area contributed by atoms with Crippen LogP contribution in [0.1, 0.15) is 36.1 Å². The maximum Gasteiger partial charge on any atom is 0.373 e. The Morgan fingerprint density at radius 1 is 1.58 bits per heavy atom. The van der Waals surface area contributed by atoms with Crippen LogP contribution in [0.25, 0.3) is 0 Å². The lowest BCUT2D eigenvalue weighted by Gasteiger charge is -2.02. The van der Waals surface area contributed by atoms with Crippen LogP contribution in [-0.2, 0) is 0 Å². The molecule has 0 spiro atoms. The highest BCUT2D eigenvalue weighted by Gasteiger charge is 2.08. The molecule has 1 heterocycles. The predicted molar refractivity (Wildman–Crippen MR) is 43.1 cm³/mol. The lowest BCUT2D eigenvalue weighted by molar-refractivity contribution is 0.0683. The number of carboxylic acids is 1. The van der Waals surface area contributed by atoms with Gasteiger partial charge in [0.2, 0.25) is 5.82 Å². The summed E-state index contributed by atoms with van der Waals surface area (Å²) in [7, 11) is 0. The van der Waals surface area contributed by atoms with Crippen LogP contribution in [0.2, 0.25) is 0 Å². The topological polar surface area (TPSA) is 63.1 Å². The SMILES string of the molecule is CC(C)c1ccnc(C(=O)O)n1. The largest absolute Gasteiger partial charge is 0.475 e. The second-order valence-corrected chi connectivity index (χ2v) is 2.76. The van der Waals surface area contributed by atoms with Gasteiger partial charge in [-0.3, -0.25) is 0 Å². The number of hydrogen-bond acceptors (Lipinski definition) is 3. The number of aromatic nitrogens is 2. The Hall–Kier alpha value is -1.45. The highest BCUT2D eigenvalue weighted by Crippen LogP contribution is 2.09. The molecule has 1 aromatic rings. The molecular weight excluding hydrogens is 156 g/mol. The molecule has 0 saturated heterocycles. The minimum absolute atomic E-state index is 0.138. The predicted octanol–water partition coefficient (Wildman–Crippen LogP) is 1.30. The van der Waals surface area contributed by atoms with E-state index >= 15 is 0 Å². The van der Waals surface area contributed by atoms with Crippen molar-refractivity contribution in [2.75, 3.05) is 0 Å². The van der Waals surface area contributed by atoms with E-state index in [0.717, 1.165) is 5.69 Å². The van der Waals surface area contributed by atoms with Crippen molar-refractivity contribution in [3.05, 3.63) is 23.8 Å². The van der Waals surface area contributed by atoms with Crippen molar-refractivity contribution >= 4 is 5.97 Å². The van der Waals surface area contributed by atoms with E-state index in [1.165, 1.54) is 6.20 Å². The van der Waals surface area contributed by atoms with Gasteiger partial charge in [-0.25, -0.2) is 14.8 Å². The van der Waals surface area contributed by atoms with Gasteiger partial charge in [0, 0.05) is 11.9 Å². The maximum atomic E-state index is 10.5. The first-order valence-electron chi connectivity index (χ1n) is 3.67. The summed E-state index contributed by atoms with van der Waals surface area (Å²) in [6.07, 6.45) is 1.46. The molecule has 0 aromatic carbocycles. The molecule has 0 aliphatic rings. The third-order valence-electron chi connectivity index (χ3n) is 1.46. The fourth-order valence-corrected chi connectivity index (χ4v) is 0.797. The molecule has 0 aliphatic heterocycles. The first-order chi connectivity index (χ1) is 5.61. The smallest absolute Gasteiger partial charge is 0.373 e. The van der Waals surface area contributed by atoms with Gasteiger partial charge in [0.05, 0.1) is 0 Å². The monoisotopic (exact) mass is 166 g/mol. The zero-order valence-electron chi connectivity index (χ0n) is 6.98. The van der Waals surface area contributed by atoms with E-state index in [4.69, 9.17) is 5.11 Å². The molecule has 0 amide bonds. The third kappa shape index (κ3) is 1.78. The molecule has 0 aliphatic carbocycles. The molecule has 4 heteroatoms. The maximum absolute atomic E-state index is 10.5. The molecule has 0 saturated carbocycles. The van der Waals surface area contributed by atoms with Gasteiger partial charge >= 0.3 is 5.97 Å². The molecule has 0 fully saturated rings. The van der Waals surface area contributed by atoms with Crippen LogP contribution in [0.5, 0.6) is 0 Å². The summed E-state index contributed by atoms with van der Waals surface area (Å²) in [5, 5.41) is 8.57. The van der Waals surface area contributed by atoms with Crippen molar-refractivity contribution in [3.63, 3.8) is 0 Å². The molecule has 1 aromatic heterocycles. The van der Waals surface area contributed by atoms with Gasteiger partial charge in [-0.15, -0.1) is 0 Å². The van der Waals surface area contributed by atoms with Gasteiger partial charge in [-0.2, -0.15) is 0 Å². The van der Waals surface area contributed by atoms with Crippen molar-refractivity contribution in [2.45, 2.75) is 19.8 Å². The van der Waals surface area contributed by atoms with Gasteiger partial charge in [0.25, 0.3) is 0 Å². The molecule has 0 unspecified atom stereocenters. The number of carboxylic acid groups (broad SMARTS) is 1. The van der Waals surface area contributed by atoms with Gasteiger partial charge < -0.3 is 5.11 Å². The Kier molecular flexibility index (Phi) is 2.38. The summed E-state index contributed by atoms with van der Waals surface area (Å²) in [5.74, 6) is -0.996. The summed E-state index contributed by atoms with van der Waals surface area (Å²) in [6, 6.07) is 1.72. The lowest BCUT2D eigenvalue weighted by Crippen LogP contribution is -2.06. The van der Waals surface area contributed by atoms with E-state index in [2.05, 4.69) is 9.97 Å². The number of rotatable bonds is 2. The average Bonchev–Trinajstić information content (AvgIpc) is 2.04. The molecule has 64 valence electrons. The molecule has 4 nitrogen and oxygen atoms in total. The van der Waals surface area contributed by atoms with E-state index in [1.54, 1.807) is 6.07 Å². The number of nitrogens with zero attached hydrogens (tertiary/aromatic N) is 2. The molecule has 0 radical (unpaired) electrons. The van der Waals surface area contributed by atoms with Crippen molar-refractivity contribution in [1.82, 2.24) is 9.97 Å². The second-order valence-electron chi connectivity index (χ2n) is 2.76. The van der Waals surface area contributed by atoms with E-state index in [1.807, 2.05) is 13.8 Å². The average molecular weight is 166 g/mol. The number of carbonyl (C=O) groups is 1. The van der Waals surface area contributed by atoms with E-state index in [9.17, 15) is 4.79 Å². The van der Waals surface area contributed by atoms with Gasteiger partial charge in [-0.05, 0) is 12.0 Å². The van der Waals surface area contributed by atoms with Crippen molar-refractivity contribution < 1.29 is 9.90 Å². The summed E-state index contributed by atoms with van der Waals surface area (Å²) in [4.78, 5) is 17.9. The molecule has 0 bridgehead atoms. The summed E-state index contributed by atoms with van der Waals surface area (Å²) < 4.78 is 0. The van der Waals surface area contributed by atoms with Crippen LogP contribution in [-0.4, -0.2) is 21.0 Å². The van der Waals surface area contributed by atoms with Crippen molar-refractivity contribution in [2.24, 2.45) is 0 Å². The fraction of sp³-hybridized carbons (Fsp3) is 0.375. The Morgan fingerprint density at radius 3 is 2.75 bits per heavy atom. The van der Waals surface area contributed by atoms with Crippen LogP contribution in [0.15, 0.2) is 12.3 Å². The number of aromatic carboxylic acids is 1. The number of hydrogen-bond donors (Lipinski definition) is 1. The van der Waals surface area contributed by atoms with Gasteiger partial charge in [0.1, 0.15) is 0 Å². The minimum Gasteiger partial charge on any atom is -0.475 e. The molecule has 0 atom stereocenters. The van der Waals surface area contributed by atoms with Crippen LogP contribution < -0.4 is 0 Å². The highest BCUT2D eigenvalue weighted by atomic mass is 16.4. The van der Waals surface area contributed by atoms with Crippen LogP contribution >= 0.6 is 0 Å². The second kappa shape index (κ2) is 3.30. The quantitative estimate of drug-likeness (QED) is 0.719. The fourth-order valence-electron chi connectivity index (χ4n) is 0.797. The molecule has 1 N–H and O–H groups in total. The van der Waals surface area contributed by atoms with E-state index < -0.39 is 5.97 Å².